The lowest BCUT2D eigenvalue weighted by atomic mass is 10.1. The predicted octanol–water partition coefficient (Wildman–Crippen LogP) is 1.63. The third-order valence-electron chi connectivity index (χ3n) is 2.89. The van der Waals surface area contributed by atoms with Crippen LogP contribution in [-0.2, 0) is 14.8 Å². The van der Waals surface area contributed by atoms with Crippen LogP contribution in [0.25, 0.3) is 0 Å². The fraction of sp³-hybridized carbons (Fsp3) is 0.455. The molecule has 1 fully saturated rings. The van der Waals surface area contributed by atoms with Crippen LogP contribution in [0, 0.1) is 5.82 Å². The first kappa shape index (κ1) is 14.7. The molecule has 1 aromatic rings. The average molecular weight is 353 g/mol. The summed E-state index contributed by atoms with van der Waals surface area (Å²) < 4.78 is 45.5. The van der Waals surface area contributed by atoms with E-state index in [1.54, 1.807) is 0 Å². The summed E-state index contributed by atoms with van der Waals surface area (Å²) in [6.45, 7) is 1.05. The Morgan fingerprint density at radius 2 is 2.00 bits per heavy atom. The number of anilines is 1. The molecule has 19 heavy (non-hydrogen) atoms. The summed E-state index contributed by atoms with van der Waals surface area (Å²) in [5.41, 5.74) is 5.47. The molecule has 1 heterocycles. The predicted molar refractivity (Wildman–Crippen MR) is 72.7 cm³/mol. The Kier molecular flexibility index (Phi) is 4.44. The lowest BCUT2D eigenvalue weighted by molar-refractivity contribution is 0.0832. The van der Waals surface area contributed by atoms with Gasteiger partial charge in [0.25, 0.3) is 0 Å². The molecule has 1 aliphatic heterocycles. The molecule has 2 rings (SSSR count). The molecule has 0 aliphatic carbocycles. The maximum Gasteiger partial charge on any atom is 0.242 e. The van der Waals surface area contributed by atoms with E-state index in [0.717, 1.165) is 6.07 Å². The second kappa shape index (κ2) is 5.74. The largest absolute Gasteiger partial charge is 0.398 e. The molecule has 8 heteroatoms. The van der Waals surface area contributed by atoms with Crippen molar-refractivity contribution in [3.05, 3.63) is 22.4 Å². The van der Waals surface area contributed by atoms with Crippen LogP contribution in [-0.4, -0.2) is 27.7 Å². The number of hydrogen-bond acceptors (Lipinski definition) is 4. The molecular weight excluding hydrogens is 339 g/mol. The number of halogens is 2. The Balaban J connectivity index is 2.26. The Morgan fingerprint density at radius 1 is 1.37 bits per heavy atom. The number of sulfonamides is 1. The van der Waals surface area contributed by atoms with Gasteiger partial charge in [0.2, 0.25) is 10.0 Å². The van der Waals surface area contributed by atoms with E-state index in [2.05, 4.69) is 20.7 Å². The number of nitrogen functional groups attached to an aromatic ring is 1. The molecule has 0 bridgehead atoms. The Morgan fingerprint density at radius 3 is 2.63 bits per heavy atom. The van der Waals surface area contributed by atoms with Crippen molar-refractivity contribution in [2.24, 2.45) is 0 Å². The van der Waals surface area contributed by atoms with Crippen molar-refractivity contribution >= 4 is 31.6 Å². The van der Waals surface area contributed by atoms with E-state index in [9.17, 15) is 12.8 Å². The van der Waals surface area contributed by atoms with Crippen LogP contribution in [0.3, 0.4) is 0 Å². The quantitative estimate of drug-likeness (QED) is 0.810. The number of ether oxygens (including phenoxy) is 1. The van der Waals surface area contributed by atoms with Gasteiger partial charge in [-0.3, -0.25) is 0 Å². The third kappa shape index (κ3) is 3.44. The normalized spacial score (nSPS) is 17.6. The molecule has 3 N–H and O–H groups in total. The lowest BCUT2D eigenvalue weighted by Gasteiger charge is -2.23. The molecule has 0 spiro atoms. The highest BCUT2D eigenvalue weighted by molar-refractivity contribution is 9.10. The molecule has 0 amide bonds. The van der Waals surface area contributed by atoms with E-state index in [1.807, 2.05) is 0 Å². The van der Waals surface area contributed by atoms with Gasteiger partial charge in [0.15, 0.2) is 0 Å². The van der Waals surface area contributed by atoms with Crippen molar-refractivity contribution in [1.29, 1.82) is 0 Å². The highest BCUT2D eigenvalue weighted by atomic mass is 79.9. The first-order chi connectivity index (χ1) is 8.90. The molecule has 106 valence electrons. The van der Waals surface area contributed by atoms with Crippen molar-refractivity contribution in [1.82, 2.24) is 4.72 Å². The van der Waals surface area contributed by atoms with Crippen molar-refractivity contribution in [2.75, 3.05) is 18.9 Å². The van der Waals surface area contributed by atoms with Crippen LogP contribution in [0.15, 0.2) is 21.5 Å². The van der Waals surface area contributed by atoms with Crippen LogP contribution in [0.5, 0.6) is 0 Å². The fourth-order valence-corrected chi connectivity index (χ4v) is 3.81. The zero-order valence-corrected chi connectivity index (χ0v) is 12.4. The first-order valence-corrected chi connectivity index (χ1v) is 8.02. The maximum absolute atomic E-state index is 13.2. The van der Waals surface area contributed by atoms with Crippen molar-refractivity contribution in [2.45, 2.75) is 23.8 Å². The number of hydrogen-bond donors (Lipinski definition) is 2. The Hall–Kier alpha value is -0.700. The minimum atomic E-state index is -3.76. The number of rotatable bonds is 3. The van der Waals surface area contributed by atoms with E-state index in [-0.39, 0.29) is 21.1 Å². The zero-order chi connectivity index (χ0) is 14.0. The molecular formula is C11H14BrFN2O3S. The van der Waals surface area contributed by atoms with Gasteiger partial charge in [-0.2, -0.15) is 0 Å². The van der Waals surface area contributed by atoms with E-state index in [4.69, 9.17) is 10.5 Å². The van der Waals surface area contributed by atoms with Gasteiger partial charge < -0.3 is 10.5 Å². The molecule has 0 radical (unpaired) electrons. The number of benzene rings is 1. The zero-order valence-electron chi connectivity index (χ0n) is 10.0. The highest BCUT2D eigenvalue weighted by Gasteiger charge is 2.24. The number of nitrogens with two attached hydrogens (primary N) is 1. The summed E-state index contributed by atoms with van der Waals surface area (Å²) in [7, 11) is -3.76. The first-order valence-electron chi connectivity index (χ1n) is 5.75. The van der Waals surface area contributed by atoms with E-state index in [1.165, 1.54) is 6.07 Å². The van der Waals surface area contributed by atoms with Crippen LogP contribution < -0.4 is 10.5 Å². The molecule has 0 aromatic heterocycles. The molecule has 1 aliphatic rings. The summed E-state index contributed by atoms with van der Waals surface area (Å²) in [4.78, 5) is -0.118. The van der Waals surface area contributed by atoms with Crippen LogP contribution in [0.1, 0.15) is 12.8 Å². The van der Waals surface area contributed by atoms with Gasteiger partial charge in [-0.25, -0.2) is 17.5 Å². The van der Waals surface area contributed by atoms with Gasteiger partial charge in [-0.15, -0.1) is 0 Å². The van der Waals surface area contributed by atoms with Crippen molar-refractivity contribution < 1.29 is 17.5 Å². The minimum Gasteiger partial charge on any atom is -0.398 e. The Bertz CT molecular complexity index is 574. The monoisotopic (exact) mass is 352 g/mol. The molecule has 0 saturated carbocycles. The maximum atomic E-state index is 13.2. The minimum absolute atomic E-state index is 0.0639. The van der Waals surface area contributed by atoms with Gasteiger partial charge in [0, 0.05) is 19.3 Å². The summed E-state index contributed by atoms with van der Waals surface area (Å²) in [5.74, 6) is -0.595. The molecule has 1 saturated heterocycles. The molecule has 0 atom stereocenters. The van der Waals surface area contributed by atoms with Gasteiger partial charge in [-0.05, 0) is 40.9 Å². The SMILES string of the molecule is Nc1cc(F)c(Br)cc1S(=O)(=O)NC1CCOCC1. The third-order valence-corrected chi connectivity index (χ3v) is 5.07. The molecule has 5 nitrogen and oxygen atoms in total. The van der Waals surface area contributed by atoms with Gasteiger partial charge in [0.05, 0.1) is 10.2 Å². The Labute approximate surface area is 119 Å². The van der Waals surface area contributed by atoms with Crippen LogP contribution in [0.2, 0.25) is 0 Å². The number of nitrogens with one attached hydrogen (secondary N) is 1. The van der Waals surface area contributed by atoms with Crippen molar-refractivity contribution in [3.63, 3.8) is 0 Å². The molecule has 1 aromatic carbocycles. The van der Waals surface area contributed by atoms with E-state index < -0.39 is 15.8 Å². The summed E-state index contributed by atoms with van der Waals surface area (Å²) in [6.07, 6.45) is 1.23. The van der Waals surface area contributed by atoms with Crippen LogP contribution in [0.4, 0.5) is 10.1 Å². The van der Waals surface area contributed by atoms with Gasteiger partial charge in [-0.1, -0.05) is 0 Å². The van der Waals surface area contributed by atoms with E-state index >= 15 is 0 Å². The summed E-state index contributed by atoms with van der Waals surface area (Å²) >= 11 is 2.96. The summed E-state index contributed by atoms with van der Waals surface area (Å²) in [5, 5.41) is 0. The fourth-order valence-electron chi connectivity index (χ4n) is 1.88. The van der Waals surface area contributed by atoms with Gasteiger partial charge >= 0.3 is 0 Å². The van der Waals surface area contributed by atoms with Crippen molar-refractivity contribution in [3.8, 4) is 0 Å². The second-order valence-corrected chi connectivity index (χ2v) is 6.85. The topological polar surface area (TPSA) is 81.4 Å². The highest BCUT2D eigenvalue weighted by Crippen LogP contribution is 2.26. The van der Waals surface area contributed by atoms with E-state index in [0.29, 0.717) is 26.1 Å². The smallest absolute Gasteiger partial charge is 0.242 e. The van der Waals surface area contributed by atoms with Crippen LogP contribution >= 0.6 is 15.9 Å². The second-order valence-electron chi connectivity index (χ2n) is 4.31. The van der Waals surface area contributed by atoms with Gasteiger partial charge in [0.1, 0.15) is 10.7 Å². The summed E-state index contributed by atoms with van der Waals surface area (Å²) in [6, 6.07) is 1.98. The molecule has 0 unspecified atom stereocenters. The standard InChI is InChI=1S/C11H14BrFN2O3S/c12-8-5-11(10(14)6-9(8)13)19(16,17)15-7-1-3-18-4-2-7/h5-7,15H,1-4,14H2. The lowest BCUT2D eigenvalue weighted by Crippen LogP contribution is -2.39. The average Bonchev–Trinajstić information content (AvgIpc) is 2.34.